The quantitative estimate of drug-likeness (QED) is 0.797. The van der Waals surface area contributed by atoms with Gasteiger partial charge in [0, 0.05) is 6.04 Å². The zero-order valence-electron chi connectivity index (χ0n) is 12.9. The van der Waals surface area contributed by atoms with Crippen LogP contribution in [0.4, 0.5) is 0 Å². The van der Waals surface area contributed by atoms with E-state index in [1.54, 1.807) is 11.1 Å². The highest BCUT2D eigenvalue weighted by atomic mass is 14.9. The third-order valence-corrected chi connectivity index (χ3v) is 4.85. The number of aryl methyl sites for hydroxylation is 1. The average Bonchev–Trinajstić information content (AvgIpc) is 2.49. The van der Waals surface area contributed by atoms with E-state index in [0.717, 1.165) is 18.8 Å². The molecule has 0 amide bonds. The summed E-state index contributed by atoms with van der Waals surface area (Å²) in [6, 6.07) is 20.3. The fourth-order valence-electron chi connectivity index (χ4n) is 3.34. The summed E-state index contributed by atoms with van der Waals surface area (Å²) in [5, 5.41) is 3.47. The highest BCUT2D eigenvalue weighted by molar-refractivity contribution is 5.32. The predicted octanol–water partition coefficient (Wildman–Crippen LogP) is 4.85. The molecule has 0 saturated heterocycles. The van der Waals surface area contributed by atoms with Crippen molar-refractivity contribution in [3.05, 3.63) is 71.3 Å². The molecule has 1 heteroatoms. The Kier molecular flexibility index (Phi) is 4.72. The fourth-order valence-corrected chi connectivity index (χ4v) is 3.34. The number of rotatable bonds is 6. The number of nitrogens with one attached hydrogen (secondary N) is 1. The van der Waals surface area contributed by atoms with Crippen LogP contribution < -0.4 is 5.32 Å². The molecule has 3 rings (SSSR count). The number of benzene rings is 2. The molecule has 0 aliphatic heterocycles. The van der Waals surface area contributed by atoms with Crippen LogP contribution in [-0.4, -0.2) is 7.05 Å². The Bertz CT molecular complexity index is 557. The molecule has 0 radical (unpaired) electrons. The summed E-state index contributed by atoms with van der Waals surface area (Å²) in [4.78, 5) is 0. The maximum Gasteiger partial charge on any atom is 0.0320 e. The van der Waals surface area contributed by atoms with E-state index in [1.807, 2.05) is 0 Å². The summed E-state index contributed by atoms with van der Waals surface area (Å²) in [7, 11) is 2.06. The van der Waals surface area contributed by atoms with Crippen LogP contribution in [0, 0.1) is 0 Å². The van der Waals surface area contributed by atoms with Gasteiger partial charge in [-0.15, -0.1) is 0 Å². The minimum absolute atomic E-state index is 0.445. The van der Waals surface area contributed by atoms with Gasteiger partial charge >= 0.3 is 0 Å². The molecule has 1 aliphatic carbocycles. The second kappa shape index (κ2) is 6.91. The van der Waals surface area contributed by atoms with Gasteiger partial charge in [0.15, 0.2) is 0 Å². The van der Waals surface area contributed by atoms with E-state index in [1.165, 1.54) is 24.8 Å². The molecule has 1 atom stereocenters. The molecule has 110 valence electrons. The first-order chi connectivity index (χ1) is 10.4. The van der Waals surface area contributed by atoms with Gasteiger partial charge in [0.25, 0.3) is 0 Å². The second-order valence-electron chi connectivity index (χ2n) is 6.12. The molecule has 2 aromatic rings. The lowest BCUT2D eigenvalue weighted by Crippen LogP contribution is -2.18. The molecule has 1 fully saturated rings. The Morgan fingerprint density at radius 1 is 1.00 bits per heavy atom. The number of hydrogen-bond donors (Lipinski definition) is 1. The van der Waals surface area contributed by atoms with Crippen LogP contribution in [0.3, 0.4) is 0 Å². The molecule has 0 heterocycles. The van der Waals surface area contributed by atoms with Gasteiger partial charge in [-0.05, 0) is 55.3 Å². The lowest BCUT2D eigenvalue weighted by atomic mass is 9.77. The van der Waals surface area contributed by atoms with Gasteiger partial charge in [-0.3, -0.25) is 0 Å². The lowest BCUT2D eigenvalue weighted by molar-refractivity contribution is 0.416. The Balaban J connectivity index is 1.69. The third kappa shape index (κ3) is 3.36. The first kappa shape index (κ1) is 14.3. The summed E-state index contributed by atoms with van der Waals surface area (Å²) in [6.45, 7) is 0. The Labute approximate surface area is 128 Å². The normalized spacial score (nSPS) is 16.4. The fraction of sp³-hybridized carbons (Fsp3) is 0.400. The van der Waals surface area contributed by atoms with Crippen LogP contribution in [0.25, 0.3) is 0 Å². The smallest absolute Gasteiger partial charge is 0.0320 e. The zero-order chi connectivity index (χ0) is 14.5. The summed E-state index contributed by atoms with van der Waals surface area (Å²) < 4.78 is 0. The van der Waals surface area contributed by atoms with Gasteiger partial charge in [-0.25, -0.2) is 0 Å². The highest BCUT2D eigenvalue weighted by Crippen LogP contribution is 2.38. The molecule has 1 saturated carbocycles. The van der Waals surface area contributed by atoms with Crippen molar-refractivity contribution in [2.45, 2.75) is 44.1 Å². The van der Waals surface area contributed by atoms with Crippen molar-refractivity contribution in [3.8, 4) is 0 Å². The van der Waals surface area contributed by atoms with Crippen molar-refractivity contribution in [1.82, 2.24) is 5.32 Å². The highest BCUT2D eigenvalue weighted by Gasteiger charge is 2.21. The van der Waals surface area contributed by atoms with Crippen molar-refractivity contribution in [2.75, 3.05) is 7.05 Å². The van der Waals surface area contributed by atoms with Gasteiger partial charge in [0.05, 0.1) is 0 Å². The monoisotopic (exact) mass is 279 g/mol. The van der Waals surface area contributed by atoms with E-state index in [9.17, 15) is 0 Å². The summed E-state index contributed by atoms with van der Waals surface area (Å²) in [5.41, 5.74) is 4.55. The van der Waals surface area contributed by atoms with Crippen molar-refractivity contribution >= 4 is 0 Å². The third-order valence-electron chi connectivity index (χ3n) is 4.85. The van der Waals surface area contributed by atoms with Gasteiger partial charge in [-0.2, -0.15) is 0 Å². The maximum absolute atomic E-state index is 3.47. The molecule has 0 bridgehead atoms. The second-order valence-corrected chi connectivity index (χ2v) is 6.12. The molecule has 0 spiro atoms. The van der Waals surface area contributed by atoms with Crippen molar-refractivity contribution in [3.63, 3.8) is 0 Å². The standard InChI is InChI=1S/C20H25N/c1-21-20(18-9-3-2-4-10-18)15-14-17-8-5-6-13-19(17)16-11-7-12-16/h2-6,8-10,13,16,20-21H,7,11-12,14-15H2,1H3. The van der Waals surface area contributed by atoms with Gasteiger partial charge in [0.2, 0.25) is 0 Å². The van der Waals surface area contributed by atoms with Crippen LogP contribution in [0.15, 0.2) is 54.6 Å². The zero-order valence-corrected chi connectivity index (χ0v) is 12.9. The maximum atomic E-state index is 3.47. The molecular weight excluding hydrogens is 254 g/mol. The topological polar surface area (TPSA) is 12.0 Å². The Morgan fingerprint density at radius 2 is 1.71 bits per heavy atom. The Morgan fingerprint density at radius 3 is 2.38 bits per heavy atom. The van der Waals surface area contributed by atoms with Crippen LogP contribution in [0.2, 0.25) is 0 Å². The summed E-state index contributed by atoms with van der Waals surface area (Å²) in [6.07, 6.45) is 6.48. The minimum Gasteiger partial charge on any atom is -0.313 e. The van der Waals surface area contributed by atoms with Gasteiger partial charge in [-0.1, -0.05) is 61.0 Å². The Hall–Kier alpha value is -1.60. The van der Waals surface area contributed by atoms with E-state index in [2.05, 4.69) is 67.0 Å². The van der Waals surface area contributed by atoms with E-state index in [-0.39, 0.29) is 0 Å². The molecular formula is C20H25N. The van der Waals surface area contributed by atoms with E-state index >= 15 is 0 Å². The van der Waals surface area contributed by atoms with E-state index < -0.39 is 0 Å². The largest absolute Gasteiger partial charge is 0.313 e. The lowest BCUT2D eigenvalue weighted by Gasteiger charge is -2.28. The molecule has 1 aliphatic rings. The number of hydrogen-bond acceptors (Lipinski definition) is 1. The summed E-state index contributed by atoms with van der Waals surface area (Å²) >= 11 is 0. The first-order valence-corrected chi connectivity index (χ1v) is 8.18. The molecule has 1 nitrogen and oxygen atoms in total. The molecule has 21 heavy (non-hydrogen) atoms. The molecule has 2 aromatic carbocycles. The van der Waals surface area contributed by atoms with Gasteiger partial charge < -0.3 is 5.32 Å². The van der Waals surface area contributed by atoms with Crippen molar-refractivity contribution in [1.29, 1.82) is 0 Å². The van der Waals surface area contributed by atoms with Crippen molar-refractivity contribution in [2.24, 2.45) is 0 Å². The molecule has 0 aromatic heterocycles. The molecule has 1 N–H and O–H groups in total. The van der Waals surface area contributed by atoms with Crippen LogP contribution in [-0.2, 0) is 6.42 Å². The SMILES string of the molecule is CNC(CCc1ccccc1C1CCC1)c1ccccc1. The van der Waals surface area contributed by atoms with E-state index in [4.69, 9.17) is 0 Å². The molecule has 1 unspecified atom stereocenters. The minimum atomic E-state index is 0.445. The van der Waals surface area contributed by atoms with Crippen LogP contribution in [0.1, 0.15) is 54.3 Å². The predicted molar refractivity (Wildman–Crippen MR) is 89.6 cm³/mol. The summed E-state index contributed by atoms with van der Waals surface area (Å²) in [5.74, 6) is 0.825. The van der Waals surface area contributed by atoms with Crippen LogP contribution >= 0.6 is 0 Å². The van der Waals surface area contributed by atoms with Crippen molar-refractivity contribution < 1.29 is 0 Å². The van der Waals surface area contributed by atoms with Gasteiger partial charge in [0.1, 0.15) is 0 Å². The van der Waals surface area contributed by atoms with E-state index in [0.29, 0.717) is 6.04 Å². The first-order valence-electron chi connectivity index (χ1n) is 8.18. The average molecular weight is 279 g/mol. The van der Waals surface area contributed by atoms with Crippen LogP contribution in [0.5, 0.6) is 0 Å².